The molecule has 0 aliphatic rings. The fraction of sp³-hybridized carbons (Fsp3) is 0.115. The summed E-state index contributed by atoms with van der Waals surface area (Å²) in [5, 5.41) is 8.31. The first-order valence-corrected chi connectivity index (χ1v) is 12.0. The Labute approximate surface area is 205 Å². The summed E-state index contributed by atoms with van der Waals surface area (Å²) in [6, 6.07) is 22.3. The van der Waals surface area contributed by atoms with Crippen molar-refractivity contribution in [3.63, 3.8) is 0 Å². The van der Waals surface area contributed by atoms with Gasteiger partial charge in [-0.05, 0) is 55.8 Å². The maximum atomic E-state index is 13.4. The topological polar surface area (TPSA) is 94.7 Å². The Morgan fingerprint density at radius 3 is 2.57 bits per heavy atom. The van der Waals surface area contributed by atoms with Crippen LogP contribution in [0.4, 0.5) is 5.82 Å². The third kappa shape index (κ3) is 4.71. The van der Waals surface area contributed by atoms with Gasteiger partial charge in [-0.2, -0.15) is 5.10 Å². The van der Waals surface area contributed by atoms with Crippen molar-refractivity contribution in [3.05, 3.63) is 101 Å². The minimum Gasteiger partial charge on any atom is -0.310 e. The van der Waals surface area contributed by atoms with Crippen LogP contribution in [0.5, 0.6) is 0 Å². The molecule has 3 aromatic heterocycles. The van der Waals surface area contributed by atoms with E-state index < -0.39 is 0 Å². The number of para-hydroxylation sites is 2. The highest BCUT2D eigenvalue weighted by Gasteiger charge is 2.17. The summed E-state index contributed by atoms with van der Waals surface area (Å²) < 4.78 is 3.16. The van der Waals surface area contributed by atoms with Crippen LogP contribution in [0.15, 0.2) is 88.9 Å². The Morgan fingerprint density at radius 2 is 1.77 bits per heavy atom. The van der Waals surface area contributed by atoms with E-state index >= 15 is 0 Å². The van der Waals surface area contributed by atoms with E-state index in [9.17, 15) is 9.59 Å². The van der Waals surface area contributed by atoms with Crippen LogP contribution in [0.1, 0.15) is 11.3 Å². The van der Waals surface area contributed by atoms with Gasteiger partial charge in [-0.3, -0.25) is 9.59 Å². The number of hydrogen-bond acceptors (Lipinski definition) is 6. The zero-order chi connectivity index (χ0) is 24.4. The number of benzene rings is 2. The molecule has 0 bridgehead atoms. The van der Waals surface area contributed by atoms with Gasteiger partial charge in [0.05, 0.1) is 28.0 Å². The SMILES string of the molecule is Cc1ccnc(-n2c(SCC(=O)Nc3cc(C)nn3-c3ccccc3)nc3ccccc3c2=O)c1. The van der Waals surface area contributed by atoms with Crippen molar-refractivity contribution < 1.29 is 4.79 Å². The van der Waals surface area contributed by atoms with Gasteiger partial charge >= 0.3 is 0 Å². The first kappa shape index (κ1) is 22.5. The van der Waals surface area contributed by atoms with Crippen molar-refractivity contribution in [2.75, 3.05) is 11.1 Å². The predicted octanol–water partition coefficient (Wildman–Crippen LogP) is 4.31. The molecule has 9 heteroatoms. The van der Waals surface area contributed by atoms with Crippen LogP contribution in [0.3, 0.4) is 0 Å². The third-order valence-electron chi connectivity index (χ3n) is 5.31. The summed E-state index contributed by atoms with van der Waals surface area (Å²) in [6.45, 7) is 3.80. The Morgan fingerprint density at radius 1 is 1.00 bits per heavy atom. The molecule has 5 rings (SSSR count). The molecule has 174 valence electrons. The lowest BCUT2D eigenvalue weighted by Crippen LogP contribution is -2.24. The molecular weight excluding hydrogens is 460 g/mol. The molecule has 8 nitrogen and oxygen atoms in total. The van der Waals surface area contributed by atoms with Gasteiger partial charge in [0.25, 0.3) is 5.56 Å². The molecule has 3 heterocycles. The molecule has 0 aliphatic heterocycles. The van der Waals surface area contributed by atoms with Gasteiger partial charge in [0.15, 0.2) is 5.16 Å². The van der Waals surface area contributed by atoms with Gasteiger partial charge in [-0.25, -0.2) is 19.2 Å². The zero-order valence-electron chi connectivity index (χ0n) is 19.2. The third-order valence-corrected chi connectivity index (χ3v) is 6.25. The number of carbonyl (C=O) groups is 1. The highest BCUT2D eigenvalue weighted by atomic mass is 32.2. The number of anilines is 1. The molecule has 0 fully saturated rings. The quantitative estimate of drug-likeness (QED) is 0.286. The highest BCUT2D eigenvalue weighted by Crippen LogP contribution is 2.22. The number of rotatable bonds is 6. The van der Waals surface area contributed by atoms with E-state index in [1.165, 1.54) is 16.3 Å². The van der Waals surface area contributed by atoms with Crippen molar-refractivity contribution in [2.45, 2.75) is 19.0 Å². The summed E-state index contributed by atoms with van der Waals surface area (Å²) in [7, 11) is 0. The average molecular weight is 483 g/mol. The number of hydrogen-bond donors (Lipinski definition) is 1. The maximum Gasteiger partial charge on any atom is 0.267 e. The number of fused-ring (bicyclic) bond motifs is 1. The van der Waals surface area contributed by atoms with Crippen LogP contribution >= 0.6 is 11.8 Å². The number of nitrogens with one attached hydrogen (secondary N) is 1. The predicted molar refractivity (Wildman–Crippen MR) is 138 cm³/mol. The lowest BCUT2D eigenvalue weighted by molar-refractivity contribution is -0.113. The van der Waals surface area contributed by atoms with Gasteiger partial charge in [-0.1, -0.05) is 42.1 Å². The zero-order valence-corrected chi connectivity index (χ0v) is 20.0. The van der Waals surface area contributed by atoms with Crippen molar-refractivity contribution in [3.8, 4) is 11.5 Å². The molecule has 0 unspecified atom stereocenters. The molecule has 0 saturated carbocycles. The maximum absolute atomic E-state index is 13.4. The van der Waals surface area contributed by atoms with E-state index in [4.69, 9.17) is 0 Å². The van der Waals surface area contributed by atoms with E-state index in [0.29, 0.717) is 27.7 Å². The summed E-state index contributed by atoms with van der Waals surface area (Å²) in [4.78, 5) is 35.3. The van der Waals surface area contributed by atoms with Crippen LogP contribution in [-0.4, -0.2) is 36.0 Å². The standard InChI is InChI=1S/C26H22N6O2S/c1-17-12-13-27-22(14-17)31-25(34)20-10-6-7-11-21(20)28-26(31)35-16-24(33)29-23-15-18(2)30-32(23)19-8-4-3-5-9-19/h3-15H,16H2,1-2H3,(H,29,33). The second kappa shape index (κ2) is 9.55. The second-order valence-electron chi connectivity index (χ2n) is 8.00. The van der Waals surface area contributed by atoms with Crippen LogP contribution in [-0.2, 0) is 4.79 Å². The molecule has 5 aromatic rings. The van der Waals surface area contributed by atoms with Crippen LogP contribution in [0.25, 0.3) is 22.4 Å². The molecule has 0 spiro atoms. The number of aryl methyl sites for hydroxylation is 2. The van der Waals surface area contributed by atoms with Crippen molar-refractivity contribution in [2.24, 2.45) is 0 Å². The number of carbonyl (C=O) groups excluding carboxylic acids is 1. The van der Waals surface area contributed by atoms with E-state index in [1.54, 1.807) is 29.1 Å². The minimum absolute atomic E-state index is 0.0512. The Balaban J connectivity index is 1.44. The van der Waals surface area contributed by atoms with Crippen molar-refractivity contribution in [1.82, 2.24) is 24.3 Å². The van der Waals surface area contributed by atoms with Gasteiger partial charge in [0, 0.05) is 12.3 Å². The normalized spacial score (nSPS) is 11.0. The second-order valence-corrected chi connectivity index (χ2v) is 8.94. The molecule has 0 aliphatic carbocycles. The summed E-state index contributed by atoms with van der Waals surface area (Å²) >= 11 is 1.18. The summed E-state index contributed by atoms with van der Waals surface area (Å²) in [5.74, 6) is 0.853. The fourth-order valence-electron chi connectivity index (χ4n) is 3.72. The molecule has 35 heavy (non-hydrogen) atoms. The first-order valence-electron chi connectivity index (χ1n) is 11.0. The number of thioether (sulfide) groups is 1. The fourth-order valence-corrected chi connectivity index (χ4v) is 4.52. The van der Waals surface area contributed by atoms with E-state index in [1.807, 2.05) is 68.4 Å². The monoisotopic (exact) mass is 482 g/mol. The van der Waals surface area contributed by atoms with Gasteiger partial charge in [0.1, 0.15) is 11.6 Å². The smallest absolute Gasteiger partial charge is 0.267 e. The lowest BCUT2D eigenvalue weighted by Gasteiger charge is -2.13. The number of amides is 1. The summed E-state index contributed by atoms with van der Waals surface area (Å²) in [5.41, 5.74) is 2.94. The van der Waals surface area contributed by atoms with Crippen molar-refractivity contribution >= 4 is 34.4 Å². The minimum atomic E-state index is -0.238. The Hall–Kier alpha value is -4.24. The molecule has 1 N–H and O–H groups in total. The van der Waals surface area contributed by atoms with Gasteiger partial charge < -0.3 is 5.32 Å². The van der Waals surface area contributed by atoms with E-state index in [2.05, 4.69) is 20.4 Å². The van der Waals surface area contributed by atoms with Crippen LogP contribution in [0.2, 0.25) is 0 Å². The molecule has 2 aromatic carbocycles. The Kier molecular flexibility index (Phi) is 6.15. The number of aromatic nitrogens is 5. The average Bonchev–Trinajstić information content (AvgIpc) is 3.23. The van der Waals surface area contributed by atoms with Crippen molar-refractivity contribution in [1.29, 1.82) is 0 Å². The van der Waals surface area contributed by atoms with Gasteiger partial charge in [-0.15, -0.1) is 0 Å². The van der Waals surface area contributed by atoms with Gasteiger partial charge in [0.2, 0.25) is 5.91 Å². The van der Waals surface area contributed by atoms with E-state index in [0.717, 1.165) is 16.9 Å². The molecule has 0 atom stereocenters. The number of pyridine rings is 1. The molecule has 0 radical (unpaired) electrons. The highest BCUT2D eigenvalue weighted by molar-refractivity contribution is 7.99. The van der Waals surface area contributed by atoms with Crippen LogP contribution in [0, 0.1) is 13.8 Å². The number of nitrogens with zero attached hydrogens (tertiary/aromatic N) is 5. The Bertz CT molecular complexity index is 1590. The lowest BCUT2D eigenvalue weighted by atomic mass is 10.2. The molecule has 0 saturated heterocycles. The molecular formula is C26H22N6O2S. The first-order chi connectivity index (χ1) is 17.0. The molecule has 1 amide bonds. The van der Waals surface area contributed by atoms with Crippen LogP contribution < -0.4 is 10.9 Å². The largest absolute Gasteiger partial charge is 0.310 e. The van der Waals surface area contributed by atoms with E-state index in [-0.39, 0.29) is 17.2 Å². The summed E-state index contributed by atoms with van der Waals surface area (Å²) in [6.07, 6.45) is 1.65.